The first-order chi connectivity index (χ1) is 8.99. The number of aromatic carboxylic acids is 1. The molecule has 0 atom stereocenters. The number of hydrogen-bond acceptors (Lipinski definition) is 2. The summed E-state index contributed by atoms with van der Waals surface area (Å²) in [5.74, 6) is -1.43. The number of benzene rings is 1. The van der Waals surface area contributed by atoms with Crippen LogP contribution in [0.25, 0.3) is 0 Å². The Morgan fingerprint density at radius 2 is 1.84 bits per heavy atom. The van der Waals surface area contributed by atoms with Crippen LogP contribution in [0.5, 0.6) is 0 Å². The number of rotatable bonds is 4. The molecule has 0 aliphatic rings. The van der Waals surface area contributed by atoms with E-state index in [9.17, 15) is 9.59 Å². The van der Waals surface area contributed by atoms with Crippen molar-refractivity contribution in [2.45, 2.75) is 13.5 Å². The van der Waals surface area contributed by atoms with Crippen molar-refractivity contribution in [2.24, 2.45) is 5.73 Å². The number of hydrogen-bond donors (Lipinski definition) is 2. The number of amides is 1. The highest BCUT2D eigenvalue weighted by Crippen LogP contribution is 2.13. The molecule has 0 saturated carbocycles. The topological polar surface area (TPSA) is 85.3 Å². The van der Waals surface area contributed by atoms with Crippen LogP contribution in [0.15, 0.2) is 36.5 Å². The second kappa shape index (κ2) is 4.97. The maximum Gasteiger partial charge on any atom is 0.352 e. The molecule has 1 aromatic carbocycles. The van der Waals surface area contributed by atoms with Gasteiger partial charge in [0.25, 0.3) is 0 Å². The summed E-state index contributed by atoms with van der Waals surface area (Å²) in [7, 11) is 0. The van der Waals surface area contributed by atoms with E-state index in [1.807, 2.05) is 0 Å². The number of carboxylic acids is 1. The number of primary amides is 1. The predicted octanol–water partition coefficient (Wildman–Crippen LogP) is 1.64. The van der Waals surface area contributed by atoms with Gasteiger partial charge in [-0.25, -0.2) is 4.79 Å². The largest absolute Gasteiger partial charge is 0.477 e. The molecule has 0 radical (unpaired) electrons. The van der Waals surface area contributed by atoms with Gasteiger partial charge in [-0.1, -0.05) is 12.1 Å². The summed E-state index contributed by atoms with van der Waals surface area (Å²) in [5, 5.41) is 9.15. The van der Waals surface area contributed by atoms with Crippen molar-refractivity contribution in [1.82, 2.24) is 4.57 Å². The lowest BCUT2D eigenvalue weighted by atomic mass is 10.1. The molecule has 0 fully saturated rings. The molecule has 1 amide bonds. The molecular weight excluding hydrogens is 244 g/mol. The van der Waals surface area contributed by atoms with Crippen LogP contribution in [-0.4, -0.2) is 21.6 Å². The van der Waals surface area contributed by atoms with Crippen LogP contribution in [-0.2, 0) is 6.54 Å². The number of carbonyl (C=O) groups excluding carboxylic acids is 1. The maximum absolute atomic E-state index is 11.2. The Labute approximate surface area is 110 Å². The first kappa shape index (κ1) is 12.9. The van der Waals surface area contributed by atoms with Gasteiger partial charge in [-0.2, -0.15) is 0 Å². The molecule has 2 rings (SSSR count). The summed E-state index contributed by atoms with van der Waals surface area (Å²) < 4.78 is 1.66. The monoisotopic (exact) mass is 258 g/mol. The fourth-order valence-corrected chi connectivity index (χ4v) is 1.98. The molecular formula is C14H14N2O3. The molecule has 98 valence electrons. The molecule has 5 heteroatoms. The molecule has 19 heavy (non-hydrogen) atoms. The molecule has 0 bridgehead atoms. The zero-order chi connectivity index (χ0) is 14.0. The number of carbonyl (C=O) groups is 2. The Balaban J connectivity index is 2.26. The van der Waals surface area contributed by atoms with Crippen molar-refractivity contribution in [1.29, 1.82) is 0 Å². The molecule has 1 heterocycles. The molecule has 0 aliphatic heterocycles. The summed E-state index contributed by atoms with van der Waals surface area (Å²) in [6.45, 7) is 2.20. The fraction of sp³-hybridized carbons (Fsp3) is 0.143. The van der Waals surface area contributed by atoms with Gasteiger partial charge in [0.05, 0.1) is 0 Å². The molecule has 0 unspecified atom stereocenters. The first-order valence-electron chi connectivity index (χ1n) is 5.77. The van der Waals surface area contributed by atoms with Crippen LogP contribution in [0.4, 0.5) is 0 Å². The number of carboxylic acid groups (broad SMARTS) is 1. The van der Waals surface area contributed by atoms with E-state index in [0.29, 0.717) is 12.1 Å². The zero-order valence-corrected chi connectivity index (χ0v) is 10.5. The summed E-state index contributed by atoms with van der Waals surface area (Å²) >= 11 is 0. The van der Waals surface area contributed by atoms with E-state index in [2.05, 4.69) is 0 Å². The number of nitrogens with two attached hydrogens (primary N) is 1. The van der Waals surface area contributed by atoms with Gasteiger partial charge in [0.2, 0.25) is 5.91 Å². The van der Waals surface area contributed by atoms with Crippen LogP contribution in [0.2, 0.25) is 0 Å². The van der Waals surface area contributed by atoms with Gasteiger partial charge >= 0.3 is 5.97 Å². The average molecular weight is 258 g/mol. The van der Waals surface area contributed by atoms with Crippen molar-refractivity contribution in [3.63, 3.8) is 0 Å². The first-order valence-corrected chi connectivity index (χ1v) is 5.77. The molecule has 3 N–H and O–H groups in total. The van der Waals surface area contributed by atoms with Crippen molar-refractivity contribution < 1.29 is 14.7 Å². The summed E-state index contributed by atoms with van der Waals surface area (Å²) in [5.41, 5.74) is 7.50. The summed E-state index contributed by atoms with van der Waals surface area (Å²) in [6.07, 6.45) is 1.74. The normalized spacial score (nSPS) is 10.4. The minimum atomic E-state index is -0.948. The van der Waals surface area contributed by atoms with Gasteiger partial charge in [0.1, 0.15) is 5.69 Å². The van der Waals surface area contributed by atoms with Crippen molar-refractivity contribution in [3.8, 4) is 0 Å². The maximum atomic E-state index is 11.2. The van der Waals surface area contributed by atoms with Crippen molar-refractivity contribution >= 4 is 11.9 Å². The van der Waals surface area contributed by atoms with E-state index in [0.717, 1.165) is 11.1 Å². The van der Waals surface area contributed by atoms with Gasteiger partial charge in [0.15, 0.2) is 0 Å². The second-order valence-corrected chi connectivity index (χ2v) is 4.34. The fourth-order valence-electron chi connectivity index (χ4n) is 1.98. The lowest BCUT2D eigenvalue weighted by Crippen LogP contribution is -2.12. The third-order valence-electron chi connectivity index (χ3n) is 2.96. The zero-order valence-electron chi connectivity index (χ0n) is 10.5. The standard InChI is InChI=1S/C14H14N2O3/c1-9-6-7-16(12(9)14(18)19)8-10-2-4-11(5-3-10)13(15)17/h2-7H,8H2,1H3,(H2,15,17)(H,18,19). The number of aryl methyl sites for hydroxylation is 1. The third kappa shape index (κ3) is 2.65. The molecule has 0 spiro atoms. The Bertz CT molecular complexity index is 627. The third-order valence-corrected chi connectivity index (χ3v) is 2.96. The Kier molecular flexibility index (Phi) is 3.37. The SMILES string of the molecule is Cc1ccn(Cc2ccc(C(N)=O)cc2)c1C(=O)O. The van der Waals surface area contributed by atoms with E-state index < -0.39 is 11.9 Å². The van der Waals surface area contributed by atoms with Crippen LogP contribution < -0.4 is 5.73 Å². The molecule has 5 nitrogen and oxygen atoms in total. The van der Waals surface area contributed by atoms with E-state index in [-0.39, 0.29) is 5.69 Å². The smallest absolute Gasteiger partial charge is 0.352 e. The summed E-state index contributed by atoms with van der Waals surface area (Å²) in [6, 6.07) is 8.56. The molecule has 2 aromatic rings. The van der Waals surface area contributed by atoms with Crippen LogP contribution >= 0.6 is 0 Å². The van der Waals surface area contributed by atoms with Crippen molar-refractivity contribution in [2.75, 3.05) is 0 Å². The van der Waals surface area contributed by atoms with E-state index in [4.69, 9.17) is 10.8 Å². The summed E-state index contributed by atoms with van der Waals surface area (Å²) in [4.78, 5) is 22.1. The molecule has 1 aromatic heterocycles. The van der Waals surface area contributed by atoms with Crippen LogP contribution in [0.1, 0.15) is 32.0 Å². The minimum absolute atomic E-state index is 0.277. The highest BCUT2D eigenvalue weighted by Gasteiger charge is 2.13. The number of nitrogens with zero attached hydrogens (tertiary/aromatic N) is 1. The van der Waals surface area contributed by atoms with Crippen LogP contribution in [0.3, 0.4) is 0 Å². The van der Waals surface area contributed by atoms with E-state index >= 15 is 0 Å². The van der Waals surface area contributed by atoms with Crippen molar-refractivity contribution in [3.05, 3.63) is 58.9 Å². The number of aromatic nitrogens is 1. The van der Waals surface area contributed by atoms with Gasteiger partial charge in [-0.3, -0.25) is 4.79 Å². The molecule has 0 saturated heterocycles. The lowest BCUT2D eigenvalue weighted by Gasteiger charge is -2.07. The molecule has 0 aliphatic carbocycles. The van der Waals surface area contributed by atoms with Gasteiger partial charge < -0.3 is 15.4 Å². The predicted molar refractivity (Wildman–Crippen MR) is 70.2 cm³/mol. The highest BCUT2D eigenvalue weighted by molar-refractivity contribution is 5.92. The Morgan fingerprint density at radius 3 is 2.37 bits per heavy atom. The second-order valence-electron chi connectivity index (χ2n) is 4.34. The Morgan fingerprint density at radius 1 is 1.21 bits per heavy atom. The van der Waals surface area contributed by atoms with Crippen LogP contribution in [0, 0.1) is 6.92 Å². The average Bonchev–Trinajstić information content (AvgIpc) is 2.71. The van der Waals surface area contributed by atoms with Gasteiger partial charge in [0, 0.05) is 18.3 Å². The minimum Gasteiger partial charge on any atom is -0.477 e. The Hall–Kier alpha value is -2.56. The lowest BCUT2D eigenvalue weighted by molar-refractivity contribution is 0.0684. The highest BCUT2D eigenvalue weighted by atomic mass is 16.4. The quantitative estimate of drug-likeness (QED) is 0.874. The van der Waals surface area contributed by atoms with E-state index in [1.54, 1.807) is 48.0 Å². The van der Waals surface area contributed by atoms with Gasteiger partial charge in [-0.15, -0.1) is 0 Å². The van der Waals surface area contributed by atoms with Gasteiger partial charge in [-0.05, 0) is 36.2 Å². The van der Waals surface area contributed by atoms with E-state index in [1.165, 1.54) is 0 Å².